The van der Waals surface area contributed by atoms with Crippen LogP contribution in [-0.4, -0.2) is 14.7 Å². The molecule has 0 fully saturated rings. The maximum atomic E-state index is 12.5. The van der Waals surface area contributed by atoms with Gasteiger partial charge in [-0.15, -0.1) is 11.8 Å². The van der Waals surface area contributed by atoms with Gasteiger partial charge in [0.15, 0.2) is 0 Å². The number of sulfonamides is 1. The third-order valence-corrected chi connectivity index (χ3v) is 5.91. The van der Waals surface area contributed by atoms with Crippen molar-refractivity contribution in [2.24, 2.45) is 0 Å². The molecule has 1 N–H and O–H groups in total. The van der Waals surface area contributed by atoms with Crippen LogP contribution in [0, 0.1) is 0 Å². The highest BCUT2D eigenvalue weighted by Crippen LogP contribution is 2.31. The Bertz CT molecular complexity index is 779. The van der Waals surface area contributed by atoms with E-state index in [1.165, 1.54) is 36.0 Å². The van der Waals surface area contributed by atoms with Gasteiger partial charge in [-0.3, -0.25) is 4.72 Å². The number of nitrogens with one attached hydrogen (secondary N) is 1. The van der Waals surface area contributed by atoms with Crippen LogP contribution in [0.2, 0.25) is 15.1 Å². The highest BCUT2D eigenvalue weighted by Gasteiger charge is 2.19. The van der Waals surface area contributed by atoms with Gasteiger partial charge in [0.1, 0.15) is 4.90 Å². The molecule has 0 spiro atoms. The first-order valence-electron chi connectivity index (χ1n) is 5.65. The summed E-state index contributed by atoms with van der Waals surface area (Å²) in [5.74, 6) is 0. The fourth-order valence-electron chi connectivity index (χ4n) is 1.63. The summed E-state index contributed by atoms with van der Waals surface area (Å²) in [5.41, 5.74) is 0.330. The van der Waals surface area contributed by atoms with Gasteiger partial charge >= 0.3 is 0 Å². The molecule has 8 heteroatoms. The molecule has 0 atom stereocenters. The van der Waals surface area contributed by atoms with Crippen LogP contribution in [0.15, 0.2) is 46.2 Å². The second kappa shape index (κ2) is 6.67. The Kier molecular flexibility index (Phi) is 5.33. The van der Waals surface area contributed by atoms with E-state index in [4.69, 9.17) is 34.8 Å². The molecule has 0 unspecified atom stereocenters. The van der Waals surface area contributed by atoms with Gasteiger partial charge in [0.2, 0.25) is 0 Å². The Morgan fingerprint density at radius 1 is 1.00 bits per heavy atom. The van der Waals surface area contributed by atoms with Crippen molar-refractivity contribution >= 4 is 62.3 Å². The quantitative estimate of drug-likeness (QED) is 0.742. The lowest BCUT2D eigenvalue weighted by Gasteiger charge is -2.12. The van der Waals surface area contributed by atoms with E-state index in [1.807, 2.05) is 0 Å². The summed E-state index contributed by atoms with van der Waals surface area (Å²) in [4.78, 5) is 0.723. The van der Waals surface area contributed by atoms with E-state index < -0.39 is 10.0 Å². The van der Waals surface area contributed by atoms with E-state index in [9.17, 15) is 8.42 Å². The van der Waals surface area contributed by atoms with E-state index in [1.54, 1.807) is 18.4 Å². The van der Waals surface area contributed by atoms with Crippen molar-refractivity contribution < 1.29 is 8.42 Å². The Morgan fingerprint density at radius 2 is 1.71 bits per heavy atom. The summed E-state index contributed by atoms with van der Waals surface area (Å²) < 4.78 is 27.4. The van der Waals surface area contributed by atoms with Gasteiger partial charge in [0.25, 0.3) is 10.0 Å². The molecule has 0 bridgehead atoms. The molecule has 2 aromatic rings. The van der Waals surface area contributed by atoms with Crippen LogP contribution in [0.25, 0.3) is 0 Å². The predicted molar refractivity (Wildman–Crippen MR) is 90.5 cm³/mol. The van der Waals surface area contributed by atoms with E-state index in [0.717, 1.165) is 0 Å². The Morgan fingerprint density at radius 3 is 2.33 bits per heavy atom. The van der Waals surface area contributed by atoms with Gasteiger partial charge in [-0.1, -0.05) is 34.8 Å². The molecular formula is C13H10Cl3NO2S2. The maximum absolute atomic E-state index is 12.5. The number of hydrogen-bond acceptors (Lipinski definition) is 3. The predicted octanol–water partition coefficient (Wildman–Crippen LogP) is 5.17. The Labute approximate surface area is 142 Å². The number of rotatable bonds is 4. The van der Waals surface area contributed by atoms with Crippen molar-refractivity contribution in [1.82, 2.24) is 0 Å². The van der Waals surface area contributed by atoms with Crippen LogP contribution in [0.5, 0.6) is 0 Å². The van der Waals surface area contributed by atoms with E-state index in [-0.39, 0.29) is 9.92 Å². The summed E-state index contributed by atoms with van der Waals surface area (Å²) in [5, 5.41) is 0.975. The molecule has 0 aliphatic heterocycles. The molecule has 0 saturated carbocycles. The second-order valence-corrected chi connectivity index (χ2v) is 7.78. The van der Waals surface area contributed by atoms with Gasteiger partial charge in [-0.2, -0.15) is 0 Å². The lowest BCUT2D eigenvalue weighted by Crippen LogP contribution is -2.14. The fourth-order valence-corrected chi connectivity index (χ4v) is 4.37. The molecule has 3 nitrogen and oxygen atoms in total. The average Bonchev–Trinajstić information content (AvgIpc) is 2.42. The molecule has 112 valence electrons. The molecule has 21 heavy (non-hydrogen) atoms. The fraction of sp³-hybridized carbons (Fsp3) is 0.0769. The average molecular weight is 383 g/mol. The first-order valence-corrected chi connectivity index (χ1v) is 9.49. The van der Waals surface area contributed by atoms with Crippen LogP contribution >= 0.6 is 46.6 Å². The zero-order valence-electron chi connectivity index (χ0n) is 10.7. The lowest BCUT2D eigenvalue weighted by molar-refractivity contribution is 0.599. The van der Waals surface area contributed by atoms with E-state index in [2.05, 4.69) is 4.72 Å². The zero-order valence-corrected chi connectivity index (χ0v) is 14.6. The first-order chi connectivity index (χ1) is 9.83. The Balaban J connectivity index is 2.42. The SMILES string of the molecule is CSc1ccc(Cl)cc1S(=O)(=O)Nc1ccc(Cl)c(Cl)c1. The van der Waals surface area contributed by atoms with Gasteiger partial charge in [0.05, 0.1) is 15.7 Å². The minimum absolute atomic E-state index is 0.119. The highest BCUT2D eigenvalue weighted by atomic mass is 35.5. The third-order valence-electron chi connectivity index (χ3n) is 2.59. The van der Waals surface area contributed by atoms with Crippen molar-refractivity contribution in [2.45, 2.75) is 9.79 Å². The minimum Gasteiger partial charge on any atom is -0.280 e. The number of hydrogen-bond donors (Lipinski definition) is 1. The van der Waals surface area contributed by atoms with Gasteiger partial charge in [-0.05, 0) is 42.7 Å². The number of benzene rings is 2. The standard InChI is InChI=1S/C13H10Cl3NO2S2/c1-20-12-5-2-8(14)6-13(12)21(18,19)17-9-3-4-10(15)11(16)7-9/h2-7,17H,1H3. The minimum atomic E-state index is -3.77. The molecule has 0 radical (unpaired) electrons. The van der Waals surface area contributed by atoms with Crippen molar-refractivity contribution in [1.29, 1.82) is 0 Å². The van der Waals surface area contributed by atoms with E-state index >= 15 is 0 Å². The summed E-state index contributed by atoms with van der Waals surface area (Å²) >= 11 is 18.9. The largest absolute Gasteiger partial charge is 0.280 e. The number of thioether (sulfide) groups is 1. The monoisotopic (exact) mass is 381 g/mol. The zero-order chi connectivity index (χ0) is 15.6. The molecule has 0 aromatic heterocycles. The van der Waals surface area contributed by atoms with Crippen molar-refractivity contribution in [3.63, 3.8) is 0 Å². The molecule has 0 aliphatic carbocycles. The van der Waals surface area contributed by atoms with Crippen molar-refractivity contribution in [3.8, 4) is 0 Å². The molecule has 0 saturated heterocycles. The smallest absolute Gasteiger partial charge is 0.263 e. The number of halogens is 3. The van der Waals surface area contributed by atoms with Crippen LogP contribution in [0.1, 0.15) is 0 Å². The lowest BCUT2D eigenvalue weighted by atomic mass is 10.3. The summed E-state index contributed by atoms with van der Waals surface area (Å²) in [7, 11) is -3.77. The molecule has 2 rings (SSSR count). The number of anilines is 1. The topological polar surface area (TPSA) is 46.2 Å². The molecular weight excluding hydrogens is 373 g/mol. The summed E-state index contributed by atoms with van der Waals surface area (Å²) in [6, 6.07) is 9.23. The second-order valence-electron chi connectivity index (χ2n) is 4.03. The third kappa shape index (κ3) is 3.99. The highest BCUT2D eigenvalue weighted by molar-refractivity contribution is 7.99. The molecule has 2 aromatic carbocycles. The van der Waals surface area contributed by atoms with Gasteiger partial charge in [-0.25, -0.2) is 8.42 Å². The van der Waals surface area contributed by atoms with Crippen molar-refractivity contribution in [3.05, 3.63) is 51.5 Å². The van der Waals surface area contributed by atoms with Gasteiger partial charge in [0, 0.05) is 9.92 Å². The Hall–Kier alpha value is -0.590. The van der Waals surface area contributed by atoms with Crippen LogP contribution in [-0.2, 0) is 10.0 Å². The van der Waals surface area contributed by atoms with Crippen LogP contribution in [0.4, 0.5) is 5.69 Å². The van der Waals surface area contributed by atoms with Crippen molar-refractivity contribution in [2.75, 3.05) is 11.0 Å². The molecule has 0 amide bonds. The van der Waals surface area contributed by atoms with E-state index in [0.29, 0.717) is 20.6 Å². The van der Waals surface area contributed by atoms with Gasteiger partial charge < -0.3 is 0 Å². The molecule has 0 aliphatic rings. The maximum Gasteiger partial charge on any atom is 0.263 e. The normalized spacial score (nSPS) is 11.4. The van der Waals surface area contributed by atoms with Crippen LogP contribution < -0.4 is 4.72 Å². The summed E-state index contributed by atoms with van der Waals surface area (Å²) in [6.07, 6.45) is 1.79. The molecule has 0 heterocycles. The first kappa shape index (κ1) is 16.8. The summed E-state index contributed by atoms with van der Waals surface area (Å²) in [6.45, 7) is 0. The van der Waals surface area contributed by atoms with Crippen LogP contribution in [0.3, 0.4) is 0 Å².